The van der Waals surface area contributed by atoms with Crippen LogP contribution in [-0.2, 0) is 0 Å². The monoisotopic (exact) mass is 386 g/mol. The van der Waals surface area contributed by atoms with Gasteiger partial charge in [0.25, 0.3) is 0 Å². The van der Waals surface area contributed by atoms with Crippen LogP contribution in [0.25, 0.3) is 0 Å². The van der Waals surface area contributed by atoms with E-state index in [0.717, 1.165) is 18.4 Å². The molecule has 1 fully saturated rings. The molecule has 0 aromatic heterocycles. The van der Waals surface area contributed by atoms with Gasteiger partial charge in [0.05, 0.1) is 12.8 Å². The third-order valence-electron chi connectivity index (χ3n) is 4.79. The Bertz CT molecular complexity index is 853. The number of hydrogen-bond donors (Lipinski definition) is 1. The summed E-state index contributed by atoms with van der Waals surface area (Å²) >= 11 is 6.00. The molecule has 0 bridgehead atoms. The maximum atomic E-state index is 12.8. The number of benzene rings is 2. The fraction of sp³-hybridized carbons (Fsp3) is 0.333. The van der Waals surface area contributed by atoms with Crippen molar-refractivity contribution in [1.82, 2.24) is 4.90 Å². The maximum absolute atomic E-state index is 12.8. The number of rotatable bonds is 4. The molecule has 1 N–H and O–H groups in total. The average Bonchev–Trinajstić information content (AvgIpc) is 2.67. The molecule has 3 rings (SSSR count). The van der Waals surface area contributed by atoms with Crippen molar-refractivity contribution in [3.8, 4) is 5.75 Å². The smallest absolute Gasteiger partial charge is 0.321 e. The lowest BCUT2D eigenvalue weighted by Gasteiger charge is -2.32. The fourth-order valence-corrected chi connectivity index (χ4v) is 3.56. The van der Waals surface area contributed by atoms with Crippen molar-refractivity contribution in [3.05, 3.63) is 58.6 Å². The summed E-state index contributed by atoms with van der Waals surface area (Å²) in [6, 6.07) is 12.4. The van der Waals surface area contributed by atoms with E-state index in [0.29, 0.717) is 35.1 Å². The van der Waals surface area contributed by atoms with Gasteiger partial charge in [0.1, 0.15) is 5.75 Å². The van der Waals surface area contributed by atoms with Crippen LogP contribution in [0, 0.1) is 12.8 Å². The van der Waals surface area contributed by atoms with Crippen LogP contribution in [-0.4, -0.2) is 36.9 Å². The molecule has 0 radical (unpaired) electrons. The molecule has 1 aliphatic rings. The third-order valence-corrected chi connectivity index (χ3v) is 5.02. The number of urea groups is 1. The second-order valence-corrected chi connectivity index (χ2v) is 7.23. The molecular weight excluding hydrogens is 364 g/mol. The predicted molar refractivity (Wildman–Crippen MR) is 107 cm³/mol. The number of amides is 2. The van der Waals surface area contributed by atoms with Gasteiger partial charge in [-0.1, -0.05) is 29.8 Å². The van der Waals surface area contributed by atoms with E-state index in [1.165, 1.54) is 0 Å². The van der Waals surface area contributed by atoms with Gasteiger partial charge in [-0.3, -0.25) is 4.79 Å². The Morgan fingerprint density at radius 3 is 2.78 bits per heavy atom. The number of nitrogens with one attached hydrogen (secondary N) is 1. The lowest BCUT2D eigenvalue weighted by molar-refractivity contribution is 0.0851. The topological polar surface area (TPSA) is 58.6 Å². The number of carbonyl (C=O) groups is 2. The van der Waals surface area contributed by atoms with Crippen LogP contribution in [0.4, 0.5) is 10.5 Å². The van der Waals surface area contributed by atoms with Gasteiger partial charge in [-0.15, -0.1) is 0 Å². The number of aryl methyl sites for hydroxylation is 1. The second-order valence-electron chi connectivity index (χ2n) is 6.79. The molecule has 2 amide bonds. The van der Waals surface area contributed by atoms with Crippen LogP contribution in [0.3, 0.4) is 0 Å². The Balaban J connectivity index is 1.70. The number of ether oxygens (including phenoxy) is 1. The molecule has 0 spiro atoms. The zero-order chi connectivity index (χ0) is 19.4. The number of methoxy groups -OCH3 is 1. The van der Waals surface area contributed by atoms with Crippen LogP contribution in [0.1, 0.15) is 28.8 Å². The Hall–Kier alpha value is -2.53. The number of ketones is 1. The van der Waals surface area contributed by atoms with Crippen molar-refractivity contribution >= 4 is 29.1 Å². The first-order valence-electron chi connectivity index (χ1n) is 8.98. The van der Waals surface area contributed by atoms with Gasteiger partial charge in [-0.05, 0) is 49.6 Å². The second kappa shape index (κ2) is 8.44. The standard InChI is InChI=1S/C21H23ClN2O3/c1-14-8-9-19(27-2)18(11-14)23-21(26)24-10-4-6-16(13-24)20(25)15-5-3-7-17(22)12-15/h3,5,7-9,11-12,16H,4,6,10,13H2,1-2H3,(H,23,26)/t16-/m1/s1. The molecule has 6 heteroatoms. The SMILES string of the molecule is COc1ccc(C)cc1NC(=O)N1CCC[C@@H](C(=O)c2cccc(Cl)c2)C1. The third kappa shape index (κ3) is 4.61. The van der Waals surface area contributed by atoms with Crippen LogP contribution >= 0.6 is 11.6 Å². The van der Waals surface area contributed by atoms with Crippen molar-refractivity contribution in [2.75, 3.05) is 25.5 Å². The molecule has 1 aliphatic heterocycles. The maximum Gasteiger partial charge on any atom is 0.321 e. The van der Waals surface area contributed by atoms with Gasteiger partial charge >= 0.3 is 6.03 Å². The lowest BCUT2D eigenvalue weighted by Crippen LogP contribution is -2.44. The highest BCUT2D eigenvalue weighted by molar-refractivity contribution is 6.31. The fourth-order valence-electron chi connectivity index (χ4n) is 3.37. The van der Waals surface area contributed by atoms with Gasteiger partial charge in [0.15, 0.2) is 5.78 Å². The summed E-state index contributed by atoms with van der Waals surface area (Å²) in [6.07, 6.45) is 1.55. The lowest BCUT2D eigenvalue weighted by atomic mass is 9.90. The zero-order valence-corrected chi connectivity index (χ0v) is 16.3. The van der Waals surface area contributed by atoms with Gasteiger partial charge in [0.2, 0.25) is 0 Å². The summed E-state index contributed by atoms with van der Waals surface area (Å²) < 4.78 is 5.32. The van der Waals surface area contributed by atoms with Gasteiger partial charge < -0.3 is 15.0 Å². The zero-order valence-electron chi connectivity index (χ0n) is 15.5. The molecule has 2 aromatic rings. The molecule has 0 aliphatic carbocycles. The Morgan fingerprint density at radius 2 is 2.04 bits per heavy atom. The highest BCUT2D eigenvalue weighted by Gasteiger charge is 2.29. The van der Waals surface area contributed by atoms with Crippen LogP contribution in [0.15, 0.2) is 42.5 Å². The van der Waals surface area contributed by atoms with Crippen LogP contribution < -0.4 is 10.1 Å². The molecular formula is C21H23ClN2O3. The number of anilines is 1. The van der Waals surface area contributed by atoms with Gasteiger partial charge in [-0.25, -0.2) is 4.79 Å². The summed E-state index contributed by atoms with van der Waals surface area (Å²) in [5.41, 5.74) is 2.25. The Kier molecular flexibility index (Phi) is 6.01. The number of carbonyl (C=O) groups excluding carboxylic acids is 2. The molecule has 27 heavy (non-hydrogen) atoms. The van der Waals surface area contributed by atoms with E-state index >= 15 is 0 Å². The van der Waals surface area contributed by atoms with E-state index in [-0.39, 0.29) is 17.7 Å². The van der Waals surface area contributed by atoms with Gasteiger partial charge in [0, 0.05) is 29.6 Å². The minimum absolute atomic E-state index is 0.0307. The first kappa shape index (κ1) is 19.2. The molecule has 0 saturated carbocycles. The molecule has 1 atom stereocenters. The van der Waals surface area contributed by atoms with Crippen molar-refractivity contribution < 1.29 is 14.3 Å². The quantitative estimate of drug-likeness (QED) is 0.769. The number of Topliss-reactive ketones (excluding diaryl/α,β-unsaturated/α-hetero) is 1. The molecule has 1 heterocycles. The minimum Gasteiger partial charge on any atom is -0.495 e. The summed E-state index contributed by atoms with van der Waals surface area (Å²) in [5, 5.41) is 3.45. The Labute approximate surface area is 164 Å². The Morgan fingerprint density at radius 1 is 1.22 bits per heavy atom. The highest BCUT2D eigenvalue weighted by atomic mass is 35.5. The van der Waals surface area contributed by atoms with Crippen molar-refractivity contribution in [1.29, 1.82) is 0 Å². The molecule has 1 saturated heterocycles. The number of likely N-dealkylation sites (tertiary alicyclic amines) is 1. The van der Waals surface area contributed by atoms with E-state index < -0.39 is 0 Å². The number of halogens is 1. The number of hydrogen-bond acceptors (Lipinski definition) is 3. The van der Waals surface area contributed by atoms with Crippen molar-refractivity contribution in [2.45, 2.75) is 19.8 Å². The summed E-state index contributed by atoms with van der Waals surface area (Å²) in [6.45, 7) is 2.97. The van der Waals surface area contributed by atoms with Crippen LogP contribution in [0.2, 0.25) is 5.02 Å². The molecule has 5 nitrogen and oxygen atoms in total. The van der Waals surface area contributed by atoms with E-state index in [1.54, 1.807) is 36.3 Å². The van der Waals surface area contributed by atoms with E-state index in [1.807, 2.05) is 25.1 Å². The minimum atomic E-state index is -0.220. The number of nitrogens with zero attached hydrogens (tertiary/aromatic N) is 1. The average molecular weight is 387 g/mol. The summed E-state index contributed by atoms with van der Waals surface area (Å²) in [5.74, 6) is 0.419. The molecule has 0 unspecified atom stereocenters. The van der Waals surface area contributed by atoms with E-state index in [4.69, 9.17) is 16.3 Å². The summed E-state index contributed by atoms with van der Waals surface area (Å²) in [7, 11) is 1.57. The molecule has 142 valence electrons. The van der Waals surface area contributed by atoms with Gasteiger partial charge in [-0.2, -0.15) is 0 Å². The van der Waals surface area contributed by atoms with Crippen molar-refractivity contribution in [2.24, 2.45) is 5.92 Å². The first-order valence-corrected chi connectivity index (χ1v) is 9.36. The summed E-state index contributed by atoms with van der Waals surface area (Å²) in [4.78, 5) is 27.2. The van der Waals surface area contributed by atoms with Crippen LogP contribution in [0.5, 0.6) is 5.75 Å². The molecule has 2 aromatic carbocycles. The highest BCUT2D eigenvalue weighted by Crippen LogP contribution is 2.27. The van der Waals surface area contributed by atoms with E-state index in [9.17, 15) is 9.59 Å². The van der Waals surface area contributed by atoms with Crippen molar-refractivity contribution in [3.63, 3.8) is 0 Å². The first-order chi connectivity index (χ1) is 13.0. The number of piperidine rings is 1. The van der Waals surface area contributed by atoms with E-state index in [2.05, 4.69) is 5.32 Å². The predicted octanol–water partition coefficient (Wildman–Crippen LogP) is 4.78. The largest absolute Gasteiger partial charge is 0.495 e. The normalized spacial score (nSPS) is 16.7.